The van der Waals surface area contributed by atoms with Gasteiger partial charge in [-0.2, -0.15) is 0 Å². The first-order chi connectivity index (χ1) is 6.02. The molecule has 0 aromatic heterocycles. The summed E-state index contributed by atoms with van der Waals surface area (Å²) in [6.07, 6.45) is 2.81. The minimum atomic E-state index is -0.609. The molecule has 0 aromatic carbocycles. The summed E-state index contributed by atoms with van der Waals surface area (Å²) in [5, 5.41) is 9.84. The predicted molar refractivity (Wildman–Crippen MR) is 54.4 cm³/mol. The van der Waals surface area contributed by atoms with Gasteiger partial charge < -0.3 is 0 Å². The fourth-order valence-electron chi connectivity index (χ4n) is 0.952. The maximum atomic E-state index is 10.9. The highest BCUT2D eigenvalue weighted by Crippen LogP contribution is 2.20. The Morgan fingerprint density at radius 1 is 1.62 bits per heavy atom. The van der Waals surface area contributed by atoms with E-state index in [0.29, 0.717) is 4.86 Å². The third-order valence-corrected chi connectivity index (χ3v) is 2.09. The quantitative estimate of drug-likeness (QED) is 0.326. The average Bonchev–Trinajstić information content (AvgIpc) is 2.03. The summed E-state index contributed by atoms with van der Waals surface area (Å²) in [6, 6.07) is 0. The molecule has 0 amide bonds. The predicted octanol–water partition coefficient (Wildman–Crippen LogP) is 1.30. The number of allylic oxidation sites excluding steroid dienone is 2. The van der Waals surface area contributed by atoms with Gasteiger partial charge in [-0.1, -0.05) is 12.2 Å². The number of carbonyl (C=O) groups excluding carboxylic acids is 1. The van der Waals surface area contributed by atoms with Crippen molar-refractivity contribution in [3.8, 4) is 0 Å². The number of nitrogens with zero attached hydrogens (tertiary/aromatic N) is 1. The van der Waals surface area contributed by atoms with Crippen LogP contribution in [-0.2, 0) is 4.79 Å². The maximum absolute atomic E-state index is 10.9. The van der Waals surface area contributed by atoms with Crippen molar-refractivity contribution in [1.29, 1.82) is 0 Å². The Labute approximate surface area is 84.9 Å². The zero-order valence-corrected chi connectivity index (χ0v) is 8.10. The summed E-state index contributed by atoms with van der Waals surface area (Å²) in [6.45, 7) is 0. The maximum Gasteiger partial charge on any atom is 0.277 e. The van der Waals surface area contributed by atoms with Crippen LogP contribution in [0.5, 0.6) is 0 Å². The first-order valence-corrected chi connectivity index (χ1v) is 4.19. The summed E-state index contributed by atoms with van der Waals surface area (Å²) in [5.74, 6) is 0. The molecule has 1 aliphatic carbocycles. The minimum absolute atomic E-state index is 0.0563. The number of rotatable bonds is 2. The van der Waals surface area contributed by atoms with Crippen molar-refractivity contribution in [2.45, 2.75) is 6.42 Å². The van der Waals surface area contributed by atoms with Crippen LogP contribution in [0.15, 0.2) is 23.4 Å². The Bertz CT molecular complexity index is 357. The van der Waals surface area contributed by atoms with E-state index in [-0.39, 0.29) is 17.7 Å². The molecule has 0 N–H and O–H groups in total. The topological polar surface area (TPSA) is 60.2 Å². The van der Waals surface area contributed by atoms with Gasteiger partial charge in [0.2, 0.25) is 5.12 Å². The van der Waals surface area contributed by atoms with Crippen molar-refractivity contribution in [3.05, 3.63) is 33.5 Å². The third-order valence-electron chi connectivity index (χ3n) is 1.54. The molecule has 6 heteroatoms. The Kier molecular flexibility index (Phi) is 2.94. The molecule has 68 valence electrons. The molecule has 0 saturated heterocycles. The molecule has 1 rings (SSSR count). The lowest BCUT2D eigenvalue weighted by molar-refractivity contribution is -0.420. The lowest BCUT2D eigenvalue weighted by Gasteiger charge is -2.06. The van der Waals surface area contributed by atoms with E-state index in [9.17, 15) is 14.9 Å². The molecule has 1 aliphatic rings. The zero-order chi connectivity index (χ0) is 10.0. The largest absolute Gasteiger partial charge is 0.282 e. The van der Waals surface area contributed by atoms with Crippen LogP contribution in [0.1, 0.15) is 6.42 Å². The van der Waals surface area contributed by atoms with Gasteiger partial charge in [-0.15, -0.1) is 12.6 Å². The molecule has 0 bridgehead atoms. The van der Waals surface area contributed by atoms with Crippen molar-refractivity contribution >= 4 is 34.8 Å². The highest BCUT2D eigenvalue weighted by Gasteiger charge is 2.23. The van der Waals surface area contributed by atoms with E-state index in [1.165, 1.54) is 12.2 Å². The molecule has 0 atom stereocenters. The van der Waals surface area contributed by atoms with Crippen molar-refractivity contribution in [3.63, 3.8) is 0 Å². The van der Waals surface area contributed by atoms with E-state index in [1.54, 1.807) is 0 Å². The summed E-state index contributed by atoms with van der Waals surface area (Å²) >= 11 is 8.35. The molecule has 0 fully saturated rings. The van der Waals surface area contributed by atoms with Gasteiger partial charge in [-0.3, -0.25) is 14.9 Å². The van der Waals surface area contributed by atoms with Crippen LogP contribution in [0.3, 0.4) is 0 Å². The number of thiol groups is 1. The Hall–Kier alpha value is -1.01. The Balaban J connectivity index is 3.17. The molecule has 0 saturated carbocycles. The zero-order valence-electron chi connectivity index (χ0n) is 6.39. The molecule has 0 spiro atoms. The molecule has 0 radical (unpaired) electrons. The number of carbonyl (C=O) groups is 1. The molecular weight excluding hydrogens is 210 g/mol. The molecule has 0 unspecified atom stereocenters. The van der Waals surface area contributed by atoms with Gasteiger partial charge in [0.15, 0.2) is 0 Å². The summed E-state index contributed by atoms with van der Waals surface area (Å²) in [7, 11) is 0. The Morgan fingerprint density at radius 3 is 2.69 bits per heavy atom. The lowest BCUT2D eigenvalue weighted by Crippen LogP contribution is -2.12. The molecule has 13 heavy (non-hydrogen) atoms. The first kappa shape index (κ1) is 10.1. The molecule has 0 aromatic rings. The molecule has 0 heterocycles. The second kappa shape index (κ2) is 3.80. The highest BCUT2D eigenvalue weighted by atomic mass is 32.1. The second-order valence-corrected chi connectivity index (χ2v) is 3.33. The Morgan fingerprint density at radius 2 is 2.23 bits per heavy atom. The summed E-state index contributed by atoms with van der Waals surface area (Å²) in [5.41, 5.74) is -0.158. The lowest BCUT2D eigenvalue weighted by atomic mass is 10.0. The van der Waals surface area contributed by atoms with Gasteiger partial charge in [0, 0.05) is 17.4 Å². The molecule has 4 nitrogen and oxygen atoms in total. The summed E-state index contributed by atoms with van der Waals surface area (Å²) in [4.78, 5) is 21.2. The van der Waals surface area contributed by atoms with Crippen LogP contribution in [0.2, 0.25) is 0 Å². The van der Waals surface area contributed by atoms with Gasteiger partial charge >= 0.3 is 0 Å². The van der Waals surface area contributed by atoms with E-state index in [1.807, 2.05) is 0 Å². The van der Waals surface area contributed by atoms with Gasteiger partial charge in [-0.25, -0.2) is 0 Å². The van der Waals surface area contributed by atoms with Crippen LogP contribution < -0.4 is 0 Å². The van der Waals surface area contributed by atoms with E-state index >= 15 is 0 Å². The fourth-order valence-corrected chi connectivity index (χ4v) is 1.36. The smallest absolute Gasteiger partial charge is 0.277 e. The monoisotopic (exact) mass is 215 g/mol. The number of hydrogen-bond acceptors (Lipinski definition) is 4. The van der Waals surface area contributed by atoms with Crippen LogP contribution in [0, 0.1) is 10.1 Å². The number of nitro groups is 1. The average molecular weight is 215 g/mol. The van der Waals surface area contributed by atoms with E-state index in [4.69, 9.17) is 12.2 Å². The second-order valence-electron chi connectivity index (χ2n) is 2.40. The highest BCUT2D eigenvalue weighted by molar-refractivity contribution is 7.97. The van der Waals surface area contributed by atoms with E-state index in [0.717, 1.165) is 0 Å². The summed E-state index contributed by atoms with van der Waals surface area (Å²) < 4.78 is 0. The van der Waals surface area contributed by atoms with Crippen molar-refractivity contribution in [1.82, 2.24) is 0 Å². The van der Waals surface area contributed by atoms with Crippen molar-refractivity contribution in [2.24, 2.45) is 0 Å². The fraction of sp³-hybridized carbons (Fsp3) is 0.143. The van der Waals surface area contributed by atoms with E-state index < -0.39 is 10.0 Å². The van der Waals surface area contributed by atoms with Gasteiger partial charge in [0.1, 0.15) is 0 Å². The first-order valence-electron chi connectivity index (χ1n) is 3.34. The van der Waals surface area contributed by atoms with Gasteiger partial charge in [0.05, 0.1) is 10.5 Å². The van der Waals surface area contributed by atoms with Gasteiger partial charge in [-0.05, 0) is 6.08 Å². The van der Waals surface area contributed by atoms with Gasteiger partial charge in [0.25, 0.3) is 5.70 Å². The SMILES string of the molecule is O=C(S)C1=C([N+](=O)[O-])C=CC(=S)C1. The van der Waals surface area contributed by atoms with Crippen molar-refractivity contribution in [2.75, 3.05) is 0 Å². The van der Waals surface area contributed by atoms with Crippen LogP contribution in [0.4, 0.5) is 0 Å². The third kappa shape index (κ3) is 2.22. The normalized spacial score (nSPS) is 16.2. The molecular formula is C7H5NO3S2. The van der Waals surface area contributed by atoms with Crippen LogP contribution in [0.25, 0.3) is 0 Å². The van der Waals surface area contributed by atoms with Crippen LogP contribution >= 0.6 is 24.8 Å². The van der Waals surface area contributed by atoms with E-state index in [2.05, 4.69) is 12.6 Å². The number of hydrogen-bond donors (Lipinski definition) is 1. The number of thiocarbonyl (C=S) groups is 1. The standard InChI is InChI=1S/C7H5NO3S2/c9-7(13)5-3-4(12)1-2-6(5)8(10)11/h1-2H,3H2,(H,9,13). The molecule has 0 aliphatic heterocycles. The van der Waals surface area contributed by atoms with Crippen molar-refractivity contribution < 1.29 is 9.72 Å². The minimum Gasteiger partial charge on any atom is -0.282 e. The van der Waals surface area contributed by atoms with Crippen LogP contribution in [-0.4, -0.2) is 14.9 Å².